The molecule has 1 amide bonds. The van der Waals surface area contributed by atoms with Crippen LogP contribution in [0.15, 0.2) is 30.3 Å². The van der Waals surface area contributed by atoms with Gasteiger partial charge in [0.2, 0.25) is 5.91 Å². The molecule has 1 aliphatic heterocycles. The van der Waals surface area contributed by atoms with Crippen LogP contribution < -0.4 is 10.6 Å². The molecule has 0 bridgehead atoms. The van der Waals surface area contributed by atoms with E-state index in [1.165, 1.54) is 12.0 Å². The van der Waals surface area contributed by atoms with Gasteiger partial charge in [0.05, 0.1) is 13.2 Å². The molecule has 5 nitrogen and oxygen atoms in total. The van der Waals surface area contributed by atoms with Crippen molar-refractivity contribution in [2.45, 2.75) is 25.4 Å². The highest BCUT2D eigenvalue weighted by atomic mass is 16.5. The zero-order valence-corrected chi connectivity index (χ0v) is 13.4. The van der Waals surface area contributed by atoms with E-state index >= 15 is 0 Å². The Labute approximate surface area is 133 Å². The summed E-state index contributed by atoms with van der Waals surface area (Å²) in [5.74, 6) is 0.0580. The van der Waals surface area contributed by atoms with Gasteiger partial charge >= 0.3 is 0 Å². The smallest absolute Gasteiger partial charge is 0.234 e. The number of ether oxygens (including phenoxy) is 1. The third-order valence-corrected chi connectivity index (χ3v) is 4.03. The number of nitrogens with one attached hydrogen (secondary N) is 2. The molecule has 5 heteroatoms. The van der Waals surface area contributed by atoms with Gasteiger partial charge in [0.15, 0.2) is 0 Å². The molecular formula is C17H27N3O2. The van der Waals surface area contributed by atoms with Gasteiger partial charge in [-0.25, -0.2) is 0 Å². The Morgan fingerprint density at radius 2 is 2.18 bits per heavy atom. The number of hydrogen-bond acceptors (Lipinski definition) is 4. The number of methoxy groups -OCH3 is 1. The predicted octanol–water partition coefficient (Wildman–Crippen LogP) is 1.00. The Bertz CT molecular complexity index is 439. The lowest BCUT2D eigenvalue weighted by molar-refractivity contribution is -0.120. The fourth-order valence-corrected chi connectivity index (χ4v) is 2.82. The van der Waals surface area contributed by atoms with Crippen LogP contribution >= 0.6 is 0 Å². The van der Waals surface area contributed by atoms with E-state index in [2.05, 4.69) is 39.8 Å². The molecule has 1 unspecified atom stereocenters. The molecule has 0 spiro atoms. The van der Waals surface area contributed by atoms with Gasteiger partial charge in [-0.2, -0.15) is 0 Å². The van der Waals surface area contributed by atoms with E-state index < -0.39 is 0 Å². The number of nitrogens with zero attached hydrogens (tertiary/aromatic N) is 1. The highest BCUT2D eigenvalue weighted by molar-refractivity contribution is 5.78. The van der Waals surface area contributed by atoms with E-state index in [0.29, 0.717) is 25.7 Å². The summed E-state index contributed by atoms with van der Waals surface area (Å²) in [5.41, 5.74) is 1.34. The molecule has 0 aliphatic carbocycles. The third kappa shape index (κ3) is 5.75. The molecule has 2 rings (SSSR count). The van der Waals surface area contributed by atoms with Crippen molar-refractivity contribution in [1.29, 1.82) is 0 Å². The molecule has 122 valence electrons. The topological polar surface area (TPSA) is 53.6 Å². The number of benzene rings is 1. The van der Waals surface area contributed by atoms with Crippen molar-refractivity contribution in [3.63, 3.8) is 0 Å². The third-order valence-electron chi connectivity index (χ3n) is 4.03. The summed E-state index contributed by atoms with van der Waals surface area (Å²) in [4.78, 5) is 14.3. The van der Waals surface area contributed by atoms with Crippen molar-refractivity contribution in [3.05, 3.63) is 35.9 Å². The molecule has 0 saturated carbocycles. The van der Waals surface area contributed by atoms with Gasteiger partial charge in [0.25, 0.3) is 0 Å². The number of carbonyl (C=O) groups is 1. The van der Waals surface area contributed by atoms with Crippen LogP contribution in [0.3, 0.4) is 0 Å². The number of rotatable bonds is 9. The quantitative estimate of drug-likeness (QED) is 0.669. The fraction of sp³-hybridized carbons (Fsp3) is 0.588. The van der Waals surface area contributed by atoms with Gasteiger partial charge in [-0.1, -0.05) is 30.3 Å². The van der Waals surface area contributed by atoms with Crippen molar-refractivity contribution < 1.29 is 9.53 Å². The van der Waals surface area contributed by atoms with Gasteiger partial charge in [-0.15, -0.1) is 0 Å². The maximum atomic E-state index is 11.8. The second-order valence-corrected chi connectivity index (χ2v) is 5.73. The molecule has 2 N–H and O–H groups in total. The van der Waals surface area contributed by atoms with Gasteiger partial charge in [-0.3, -0.25) is 9.69 Å². The monoisotopic (exact) mass is 305 g/mol. The standard InChI is InChI=1S/C17H27N3O2/c1-22-11-9-18-13-17(21)19-12-16-8-5-10-20(16)14-15-6-3-2-4-7-15/h2-4,6-7,16,18H,5,8-14H2,1H3,(H,19,21). The number of amides is 1. The van der Waals surface area contributed by atoms with Crippen molar-refractivity contribution in [2.24, 2.45) is 0 Å². The molecule has 0 radical (unpaired) electrons. The number of likely N-dealkylation sites (tertiary alicyclic amines) is 1. The van der Waals surface area contributed by atoms with Crippen LogP contribution in [0.1, 0.15) is 18.4 Å². The molecule has 22 heavy (non-hydrogen) atoms. The maximum Gasteiger partial charge on any atom is 0.234 e. The SMILES string of the molecule is COCCNCC(=O)NCC1CCCN1Cc1ccccc1. The lowest BCUT2D eigenvalue weighted by Crippen LogP contribution is -2.43. The minimum Gasteiger partial charge on any atom is -0.383 e. The Hall–Kier alpha value is -1.43. The van der Waals surface area contributed by atoms with E-state index in [9.17, 15) is 4.79 Å². The maximum absolute atomic E-state index is 11.8. The summed E-state index contributed by atoms with van der Waals surface area (Å²) in [6, 6.07) is 11.0. The molecule has 1 aromatic rings. The lowest BCUT2D eigenvalue weighted by Gasteiger charge is -2.24. The van der Waals surface area contributed by atoms with E-state index in [1.807, 2.05) is 6.07 Å². The van der Waals surface area contributed by atoms with Crippen LogP contribution in [-0.4, -0.2) is 56.7 Å². The second kappa shape index (κ2) is 9.56. The summed E-state index contributed by atoms with van der Waals surface area (Å²) < 4.78 is 4.93. The first kappa shape index (κ1) is 16.9. The lowest BCUT2D eigenvalue weighted by atomic mass is 10.2. The highest BCUT2D eigenvalue weighted by Crippen LogP contribution is 2.19. The number of carbonyl (C=O) groups excluding carboxylic acids is 1. The Balaban J connectivity index is 1.69. The van der Waals surface area contributed by atoms with Crippen LogP contribution in [-0.2, 0) is 16.1 Å². The first-order valence-electron chi connectivity index (χ1n) is 8.04. The Kier molecular flexibility index (Phi) is 7.36. The van der Waals surface area contributed by atoms with Crippen LogP contribution in [0.4, 0.5) is 0 Å². The molecule has 0 aromatic heterocycles. The summed E-state index contributed by atoms with van der Waals surface area (Å²) in [6.07, 6.45) is 2.36. The van der Waals surface area contributed by atoms with Gasteiger partial charge in [0, 0.05) is 32.8 Å². The van der Waals surface area contributed by atoms with E-state index in [-0.39, 0.29) is 5.91 Å². The zero-order valence-electron chi connectivity index (χ0n) is 13.4. The van der Waals surface area contributed by atoms with E-state index in [1.54, 1.807) is 7.11 Å². The average Bonchev–Trinajstić information content (AvgIpc) is 2.98. The van der Waals surface area contributed by atoms with Gasteiger partial charge in [0.1, 0.15) is 0 Å². The number of hydrogen-bond donors (Lipinski definition) is 2. The van der Waals surface area contributed by atoms with E-state index in [0.717, 1.165) is 26.1 Å². The fourth-order valence-electron chi connectivity index (χ4n) is 2.82. The summed E-state index contributed by atoms with van der Waals surface area (Å²) in [6.45, 7) is 4.50. The molecule has 1 fully saturated rings. The molecule has 1 aliphatic rings. The van der Waals surface area contributed by atoms with Crippen LogP contribution in [0.2, 0.25) is 0 Å². The molecule has 1 saturated heterocycles. The van der Waals surface area contributed by atoms with Crippen molar-refractivity contribution in [2.75, 3.05) is 39.9 Å². The van der Waals surface area contributed by atoms with Gasteiger partial charge < -0.3 is 15.4 Å². The van der Waals surface area contributed by atoms with Crippen LogP contribution in [0.5, 0.6) is 0 Å². The summed E-state index contributed by atoms with van der Waals surface area (Å²) >= 11 is 0. The Morgan fingerprint density at radius 3 is 2.95 bits per heavy atom. The first-order valence-corrected chi connectivity index (χ1v) is 8.04. The largest absolute Gasteiger partial charge is 0.383 e. The van der Waals surface area contributed by atoms with Gasteiger partial charge in [-0.05, 0) is 24.9 Å². The molecule has 1 aromatic carbocycles. The van der Waals surface area contributed by atoms with E-state index in [4.69, 9.17) is 4.74 Å². The molecular weight excluding hydrogens is 278 g/mol. The normalized spacial score (nSPS) is 18.5. The second-order valence-electron chi connectivity index (χ2n) is 5.73. The molecule has 1 heterocycles. The summed E-state index contributed by atoms with van der Waals surface area (Å²) in [7, 11) is 1.66. The van der Waals surface area contributed by atoms with Crippen LogP contribution in [0.25, 0.3) is 0 Å². The zero-order chi connectivity index (χ0) is 15.6. The van der Waals surface area contributed by atoms with Crippen molar-refractivity contribution >= 4 is 5.91 Å². The molecule has 1 atom stereocenters. The summed E-state index contributed by atoms with van der Waals surface area (Å²) in [5, 5.41) is 6.10. The van der Waals surface area contributed by atoms with Crippen LogP contribution in [0, 0.1) is 0 Å². The minimum absolute atomic E-state index is 0.0580. The highest BCUT2D eigenvalue weighted by Gasteiger charge is 2.24. The average molecular weight is 305 g/mol. The first-order chi connectivity index (χ1) is 10.8. The predicted molar refractivity (Wildman–Crippen MR) is 87.6 cm³/mol. The Morgan fingerprint density at radius 1 is 1.36 bits per heavy atom. The van der Waals surface area contributed by atoms with Crippen molar-refractivity contribution in [3.8, 4) is 0 Å². The van der Waals surface area contributed by atoms with Crippen molar-refractivity contribution in [1.82, 2.24) is 15.5 Å². The minimum atomic E-state index is 0.0580.